The van der Waals surface area contributed by atoms with E-state index in [0.29, 0.717) is 27.9 Å². The zero-order valence-corrected chi connectivity index (χ0v) is 19.0. The minimum absolute atomic E-state index is 0.130. The summed E-state index contributed by atoms with van der Waals surface area (Å²) in [5.41, 5.74) is 4.40. The summed E-state index contributed by atoms with van der Waals surface area (Å²) in [7, 11) is 2.90. The van der Waals surface area contributed by atoms with E-state index >= 15 is 0 Å². The van der Waals surface area contributed by atoms with Crippen molar-refractivity contribution < 1.29 is 23.9 Å². The van der Waals surface area contributed by atoms with Crippen LogP contribution < -0.4 is 25.5 Å². The number of hydrogen-bond donors (Lipinski definition) is 3. The number of anilines is 2. The summed E-state index contributed by atoms with van der Waals surface area (Å²) in [5.74, 6) is -1.50. The lowest BCUT2D eigenvalue weighted by atomic mass is 10.1. The normalized spacial score (nSPS) is 10.8. The first-order valence-corrected chi connectivity index (χ1v) is 10.1. The Hall–Kier alpha value is -3.59. The van der Waals surface area contributed by atoms with Crippen LogP contribution in [0, 0.1) is 0 Å². The van der Waals surface area contributed by atoms with E-state index in [2.05, 4.69) is 21.2 Å². The average Bonchev–Trinajstić information content (AvgIpc) is 2.78. The Labute approximate surface area is 191 Å². The predicted molar refractivity (Wildman–Crippen MR) is 124 cm³/mol. The third-order valence-electron chi connectivity index (χ3n) is 4.34. The number of carbonyl (C=O) groups excluding carboxylic acids is 3. The number of hydrazone groups is 1. The minimum atomic E-state index is -0.951. The average molecular weight is 461 g/mol. The Morgan fingerprint density at radius 2 is 1.62 bits per heavy atom. The maximum absolute atomic E-state index is 12.3. The number of aryl methyl sites for hydroxylation is 1. The molecular formula is C22H25ClN4O5. The van der Waals surface area contributed by atoms with Gasteiger partial charge in [-0.1, -0.05) is 30.7 Å². The summed E-state index contributed by atoms with van der Waals surface area (Å²) >= 11 is 6.05. The molecule has 2 rings (SSSR count). The van der Waals surface area contributed by atoms with Crippen molar-refractivity contribution in [2.75, 3.05) is 24.9 Å². The Morgan fingerprint density at radius 3 is 2.22 bits per heavy atom. The number of methoxy groups -OCH3 is 2. The maximum atomic E-state index is 12.3. The van der Waals surface area contributed by atoms with Crippen molar-refractivity contribution in [1.82, 2.24) is 5.43 Å². The number of amides is 3. The zero-order valence-electron chi connectivity index (χ0n) is 18.2. The molecule has 0 radical (unpaired) electrons. The van der Waals surface area contributed by atoms with Gasteiger partial charge < -0.3 is 20.1 Å². The first kappa shape index (κ1) is 24.7. The van der Waals surface area contributed by atoms with Crippen LogP contribution in [0.1, 0.15) is 25.8 Å². The van der Waals surface area contributed by atoms with Crippen LogP contribution in [0.25, 0.3) is 0 Å². The maximum Gasteiger partial charge on any atom is 0.329 e. The fraction of sp³-hybridized carbons (Fsp3) is 0.273. The number of hydrogen-bond acceptors (Lipinski definition) is 6. The molecular weight excluding hydrogens is 436 g/mol. The summed E-state index contributed by atoms with van der Waals surface area (Å²) in [4.78, 5) is 36.3. The Balaban J connectivity index is 1.92. The molecule has 2 aromatic rings. The van der Waals surface area contributed by atoms with Crippen molar-refractivity contribution in [3.05, 3.63) is 47.0 Å². The second kappa shape index (κ2) is 11.7. The van der Waals surface area contributed by atoms with Gasteiger partial charge in [-0.05, 0) is 31.0 Å². The molecule has 3 N–H and O–H groups in total. The third kappa shape index (κ3) is 6.98. The van der Waals surface area contributed by atoms with E-state index in [1.165, 1.54) is 26.4 Å². The van der Waals surface area contributed by atoms with Crippen molar-refractivity contribution >= 4 is 46.4 Å². The molecule has 0 saturated carbocycles. The molecule has 3 amide bonds. The number of nitrogens with one attached hydrogen (secondary N) is 3. The lowest BCUT2D eigenvalue weighted by Gasteiger charge is -2.13. The molecule has 0 aliphatic heterocycles. The lowest BCUT2D eigenvalue weighted by Crippen LogP contribution is -2.33. The van der Waals surface area contributed by atoms with E-state index in [4.69, 9.17) is 21.1 Å². The summed E-state index contributed by atoms with van der Waals surface area (Å²) in [6.07, 6.45) is 0.739. The second-order valence-corrected chi connectivity index (χ2v) is 7.11. The van der Waals surface area contributed by atoms with Gasteiger partial charge in [-0.2, -0.15) is 5.10 Å². The molecule has 0 aliphatic rings. The highest BCUT2D eigenvalue weighted by Crippen LogP contribution is 2.35. The SMILES string of the molecule is CCc1ccc(NC(=O)C(=O)N/N=C(\C)CC(=O)Nc2cc(OC)c(Cl)cc2OC)cc1. The summed E-state index contributed by atoms with van der Waals surface area (Å²) in [5, 5.41) is 9.29. The summed E-state index contributed by atoms with van der Waals surface area (Å²) < 4.78 is 10.4. The number of benzene rings is 2. The highest BCUT2D eigenvalue weighted by atomic mass is 35.5. The van der Waals surface area contributed by atoms with E-state index in [1.807, 2.05) is 19.1 Å². The quantitative estimate of drug-likeness (QED) is 0.317. The first-order chi connectivity index (χ1) is 15.3. The lowest BCUT2D eigenvalue weighted by molar-refractivity contribution is -0.136. The fourth-order valence-electron chi connectivity index (χ4n) is 2.63. The van der Waals surface area contributed by atoms with Crippen LogP contribution in [-0.2, 0) is 20.8 Å². The third-order valence-corrected chi connectivity index (χ3v) is 4.63. The van der Waals surface area contributed by atoms with Gasteiger partial charge in [0.25, 0.3) is 0 Å². The van der Waals surface area contributed by atoms with Gasteiger partial charge in [-0.25, -0.2) is 5.43 Å². The molecule has 170 valence electrons. The fourth-order valence-corrected chi connectivity index (χ4v) is 2.86. The van der Waals surface area contributed by atoms with Gasteiger partial charge in [0.05, 0.1) is 31.4 Å². The minimum Gasteiger partial charge on any atom is -0.495 e. The van der Waals surface area contributed by atoms with Crippen LogP contribution >= 0.6 is 11.6 Å². The molecule has 32 heavy (non-hydrogen) atoms. The monoisotopic (exact) mass is 460 g/mol. The van der Waals surface area contributed by atoms with Crippen molar-refractivity contribution in [3.63, 3.8) is 0 Å². The molecule has 2 aromatic carbocycles. The topological polar surface area (TPSA) is 118 Å². The molecule has 0 heterocycles. The first-order valence-electron chi connectivity index (χ1n) is 9.72. The molecule has 0 aromatic heterocycles. The number of nitrogens with zero attached hydrogens (tertiary/aromatic N) is 1. The Kier molecular flexibility index (Phi) is 9.03. The van der Waals surface area contributed by atoms with Crippen LogP contribution in [0.2, 0.25) is 5.02 Å². The Morgan fingerprint density at radius 1 is 0.969 bits per heavy atom. The van der Waals surface area contributed by atoms with Gasteiger partial charge in [0.1, 0.15) is 11.5 Å². The van der Waals surface area contributed by atoms with Gasteiger partial charge in [0.2, 0.25) is 5.91 Å². The second-order valence-electron chi connectivity index (χ2n) is 6.70. The van der Waals surface area contributed by atoms with Crippen LogP contribution in [0.3, 0.4) is 0 Å². The Bertz CT molecular complexity index is 1020. The smallest absolute Gasteiger partial charge is 0.329 e. The largest absolute Gasteiger partial charge is 0.495 e. The molecule has 0 aliphatic carbocycles. The number of rotatable bonds is 8. The van der Waals surface area contributed by atoms with Gasteiger partial charge >= 0.3 is 11.8 Å². The molecule has 10 heteroatoms. The number of halogens is 1. The van der Waals surface area contributed by atoms with Crippen LogP contribution in [0.15, 0.2) is 41.5 Å². The molecule has 0 atom stereocenters. The van der Waals surface area contributed by atoms with Gasteiger partial charge in [-0.3, -0.25) is 14.4 Å². The predicted octanol–water partition coefficient (Wildman–Crippen LogP) is 3.38. The number of ether oxygens (including phenoxy) is 2. The van der Waals surface area contributed by atoms with Crippen molar-refractivity contribution in [2.24, 2.45) is 5.10 Å². The van der Waals surface area contributed by atoms with Crippen molar-refractivity contribution in [2.45, 2.75) is 26.7 Å². The highest BCUT2D eigenvalue weighted by molar-refractivity contribution is 6.39. The van der Waals surface area contributed by atoms with E-state index in [-0.39, 0.29) is 12.1 Å². The van der Waals surface area contributed by atoms with Crippen molar-refractivity contribution in [1.29, 1.82) is 0 Å². The molecule has 9 nitrogen and oxygen atoms in total. The molecule has 0 bridgehead atoms. The standard InChI is InChI=1S/C22H25ClN4O5/c1-5-14-6-8-15(9-7-14)24-21(29)22(30)27-26-13(2)10-20(28)25-17-12-18(31-3)16(23)11-19(17)32-4/h6-9,11-12H,5,10H2,1-4H3,(H,24,29)(H,25,28)(H,27,30)/b26-13+. The van der Waals surface area contributed by atoms with E-state index in [1.54, 1.807) is 19.1 Å². The summed E-state index contributed by atoms with van der Waals surface area (Å²) in [6, 6.07) is 10.2. The van der Waals surface area contributed by atoms with Crippen LogP contribution in [-0.4, -0.2) is 37.7 Å². The zero-order chi connectivity index (χ0) is 23.7. The summed E-state index contributed by atoms with van der Waals surface area (Å²) in [6.45, 7) is 3.56. The molecule has 0 unspecified atom stereocenters. The molecule has 0 saturated heterocycles. The van der Waals surface area contributed by atoms with Gasteiger partial charge in [0, 0.05) is 23.5 Å². The van der Waals surface area contributed by atoms with Crippen molar-refractivity contribution in [3.8, 4) is 11.5 Å². The van der Waals surface area contributed by atoms with E-state index < -0.39 is 17.7 Å². The van der Waals surface area contributed by atoms with Gasteiger partial charge in [0.15, 0.2) is 0 Å². The molecule has 0 spiro atoms. The van der Waals surface area contributed by atoms with Gasteiger partial charge in [-0.15, -0.1) is 0 Å². The van der Waals surface area contributed by atoms with E-state index in [9.17, 15) is 14.4 Å². The van der Waals surface area contributed by atoms with E-state index in [0.717, 1.165) is 12.0 Å². The molecule has 0 fully saturated rings. The van der Waals surface area contributed by atoms with Crippen LogP contribution in [0.5, 0.6) is 11.5 Å². The van der Waals surface area contributed by atoms with Crippen LogP contribution in [0.4, 0.5) is 11.4 Å². The number of carbonyl (C=O) groups is 3. The highest BCUT2D eigenvalue weighted by Gasteiger charge is 2.15.